The lowest BCUT2D eigenvalue weighted by Crippen LogP contribution is -2.22. The SMILES string of the molecule is CCCC(=O)Nc1nn(COCC[Si](C)(C)C)c2cc(-c3ccc(OCc4ccccc4)cc3)c(-c3ccc(OCc4ccccc4)cc3)cc12. The third-order valence-electron chi connectivity index (χ3n) is 8.66. The van der Waals surface area contributed by atoms with Crippen molar-refractivity contribution in [3.05, 3.63) is 132 Å². The van der Waals surface area contributed by atoms with Crippen molar-refractivity contribution in [3.8, 4) is 33.8 Å². The maximum atomic E-state index is 12.8. The van der Waals surface area contributed by atoms with Crippen molar-refractivity contribution < 1.29 is 19.0 Å². The van der Waals surface area contributed by atoms with Crippen molar-refractivity contribution in [2.24, 2.45) is 0 Å². The molecule has 6 rings (SSSR count). The van der Waals surface area contributed by atoms with Gasteiger partial charge in [0.1, 0.15) is 31.4 Å². The van der Waals surface area contributed by atoms with Gasteiger partial charge in [0, 0.05) is 26.5 Å². The Kier molecular flexibility index (Phi) is 11.7. The molecule has 1 amide bonds. The van der Waals surface area contributed by atoms with Crippen LogP contribution in [0.5, 0.6) is 11.5 Å². The van der Waals surface area contributed by atoms with Crippen LogP contribution in [0.3, 0.4) is 0 Å². The summed E-state index contributed by atoms with van der Waals surface area (Å²) in [7, 11) is -1.26. The van der Waals surface area contributed by atoms with E-state index in [2.05, 4.69) is 85.6 Å². The Labute approximate surface area is 302 Å². The number of nitrogens with one attached hydrogen (secondary N) is 1. The largest absolute Gasteiger partial charge is 0.489 e. The molecule has 5 aromatic carbocycles. The van der Waals surface area contributed by atoms with Crippen molar-refractivity contribution in [3.63, 3.8) is 0 Å². The Morgan fingerprint density at radius 1 is 0.725 bits per heavy atom. The second kappa shape index (κ2) is 16.7. The molecule has 0 fully saturated rings. The molecule has 0 saturated heterocycles. The topological polar surface area (TPSA) is 74.6 Å². The smallest absolute Gasteiger partial charge is 0.225 e. The second-order valence-electron chi connectivity index (χ2n) is 14.0. The Morgan fingerprint density at radius 2 is 1.25 bits per heavy atom. The van der Waals surface area contributed by atoms with E-state index in [4.69, 9.17) is 19.3 Å². The predicted octanol–water partition coefficient (Wildman–Crippen LogP) is 10.6. The van der Waals surface area contributed by atoms with E-state index in [9.17, 15) is 4.79 Å². The highest BCUT2D eigenvalue weighted by Crippen LogP contribution is 2.39. The number of fused-ring (bicyclic) bond motifs is 1. The van der Waals surface area contributed by atoms with E-state index in [1.54, 1.807) is 0 Å². The van der Waals surface area contributed by atoms with Gasteiger partial charge in [-0.3, -0.25) is 4.79 Å². The summed E-state index contributed by atoms with van der Waals surface area (Å²) in [6.45, 7) is 11.0. The van der Waals surface area contributed by atoms with Crippen LogP contribution in [0, 0.1) is 0 Å². The number of hydrogen-bond acceptors (Lipinski definition) is 5. The molecular weight excluding hydrogens is 651 g/mol. The molecule has 1 N–H and O–H groups in total. The third-order valence-corrected chi connectivity index (χ3v) is 10.4. The molecule has 0 bridgehead atoms. The maximum Gasteiger partial charge on any atom is 0.225 e. The molecule has 0 saturated carbocycles. The summed E-state index contributed by atoms with van der Waals surface area (Å²) in [6.07, 6.45) is 1.18. The van der Waals surface area contributed by atoms with Crippen LogP contribution in [0.1, 0.15) is 30.9 Å². The van der Waals surface area contributed by atoms with E-state index < -0.39 is 8.07 Å². The number of aromatic nitrogens is 2. The first-order valence-electron chi connectivity index (χ1n) is 17.7. The molecule has 0 aliphatic heterocycles. The lowest BCUT2D eigenvalue weighted by atomic mass is 9.93. The lowest BCUT2D eigenvalue weighted by Gasteiger charge is -2.16. The van der Waals surface area contributed by atoms with Crippen molar-refractivity contribution in [2.75, 3.05) is 11.9 Å². The van der Waals surface area contributed by atoms with Crippen molar-refractivity contribution in [2.45, 2.75) is 65.4 Å². The van der Waals surface area contributed by atoms with Gasteiger partial charge in [0.15, 0.2) is 5.82 Å². The highest BCUT2D eigenvalue weighted by atomic mass is 28.3. The number of nitrogens with zero attached hydrogens (tertiary/aromatic N) is 2. The van der Waals surface area contributed by atoms with Gasteiger partial charge in [-0.15, -0.1) is 0 Å². The maximum absolute atomic E-state index is 12.8. The van der Waals surface area contributed by atoms with Crippen LogP contribution in [0.25, 0.3) is 33.2 Å². The number of amides is 1. The molecule has 0 atom stereocenters. The van der Waals surface area contributed by atoms with Crippen LogP contribution in [0.2, 0.25) is 25.7 Å². The standard InChI is InChI=1S/C43H47N3O4Si/c1-5-12-42(47)44-43-40-27-38(34-17-21-36(22-18-34)49-29-32-13-8-6-9-14-32)39(28-41(40)46(45-43)31-48-25-26-51(2,3)4)35-19-23-37(24-20-35)50-30-33-15-10-7-11-16-33/h6-11,13-24,27-28H,5,12,25-26,29-31H2,1-4H3,(H,44,45,47). The molecule has 1 aromatic heterocycles. The van der Waals surface area contributed by atoms with Crippen molar-refractivity contribution in [1.82, 2.24) is 9.78 Å². The van der Waals surface area contributed by atoms with Gasteiger partial charge in [0.25, 0.3) is 0 Å². The summed E-state index contributed by atoms with van der Waals surface area (Å²) in [5, 5.41) is 8.82. The number of rotatable bonds is 16. The van der Waals surface area contributed by atoms with Gasteiger partial charge in [0.2, 0.25) is 5.91 Å². The normalized spacial score (nSPS) is 11.5. The molecule has 0 spiro atoms. The third kappa shape index (κ3) is 9.75. The summed E-state index contributed by atoms with van der Waals surface area (Å²) >= 11 is 0. The van der Waals surface area contributed by atoms with E-state index in [1.165, 1.54) is 0 Å². The Hall–Kier alpha value is -5.18. The quantitative estimate of drug-likeness (QED) is 0.0805. The first-order chi connectivity index (χ1) is 24.8. The molecule has 8 heteroatoms. The van der Waals surface area contributed by atoms with E-state index >= 15 is 0 Å². The fourth-order valence-electron chi connectivity index (χ4n) is 5.78. The van der Waals surface area contributed by atoms with Crippen LogP contribution in [-0.2, 0) is 29.5 Å². The Morgan fingerprint density at radius 3 is 1.76 bits per heavy atom. The van der Waals surface area contributed by atoms with Gasteiger partial charge in [-0.1, -0.05) is 111 Å². The fraction of sp³-hybridized carbons (Fsp3) is 0.256. The van der Waals surface area contributed by atoms with Gasteiger partial charge in [-0.05, 0) is 82.2 Å². The van der Waals surface area contributed by atoms with E-state index in [0.29, 0.717) is 38.8 Å². The minimum atomic E-state index is -1.26. The number of ether oxygens (including phenoxy) is 3. The molecule has 0 aliphatic carbocycles. The highest BCUT2D eigenvalue weighted by molar-refractivity contribution is 6.76. The number of carbonyl (C=O) groups excluding carboxylic acids is 1. The van der Waals surface area contributed by atoms with Gasteiger partial charge in [0.05, 0.1) is 5.52 Å². The monoisotopic (exact) mass is 697 g/mol. The number of benzene rings is 5. The molecule has 6 aromatic rings. The zero-order valence-electron chi connectivity index (χ0n) is 30.0. The van der Waals surface area contributed by atoms with Gasteiger partial charge >= 0.3 is 0 Å². The molecule has 262 valence electrons. The van der Waals surface area contributed by atoms with Crippen LogP contribution in [0.15, 0.2) is 121 Å². The van der Waals surface area contributed by atoms with E-state index in [1.807, 2.05) is 72.3 Å². The molecule has 7 nitrogen and oxygen atoms in total. The molecule has 0 radical (unpaired) electrons. The Balaban J connectivity index is 1.37. The summed E-state index contributed by atoms with van der Waals surface area (Å²) in [4.78, 5) is 12.8. The zero-order chi connectivity index (χ0) is 35.6. The first kappa shape index (κ1) is 35.6. The van der Waals surface area contributed by atoms with Gasteiger partial charge in [-0.2, -0.15) is 5.10 Å². The van der Waals surface area contributed by atoms with Crippen molar-refractivity contribution in [1.29, 1.82) is 0 Å². The molecule has 51 heavy (non-hydrogen) atoms. The van der Waals surface area contributed by atoms with E-state index in [-0.39, 0.29) is 5.91 Å². The summed E-state index contributed by atoms with van der Waals surface area (Å²) in [6, 6.07) is 42.1. The first-order valence-corrected chi connectivity index (χ1v) is 21.4. The summed E-state index contributed by atoms with van der Waals surface area (Å²) < 4.78 is 20.3. The molecule has 1 heterocycles. The average Bonchev–Trinajstić information content (AvgIpc) is 3.47. The molecular formula is C43H47N3O4Si. The minimum Gasteiger partial charge on any atom is -0.489 e. The van der Waals surface area contributed by atoms with E-state index in [0.717, 1.165) is 68.2 Å². The molecule has 0 aliphatic rings. The predicted molar refractivity (Wildman–Crippen MR) is 210 cm³/mol. The number of anilines is 1. The minimum absolute atomic E-state index is 0.0552. The van der Waals surface area contributed by atoms with Crippen molar-refractivity contribution >= 4 is 30.7 Å². The Bertz CT molecular complexity index is 2020. The second-order valence-corrected chi connectivity index (χ2v) is 19.6. The van der Waals surface area contributed by atoms with Crippen LogP contribution in [-0.4, -0.2) is 30.4 Å². The van der Waals surface area contributed by atoms with Gasteiger partial charge < -0.3 is 19.5 Å². The van der Waals surface area contributed by atoms with Crippen LogP contribution >= 0.6 is 0 Å². The number of carbonyl (C=O) groups is 1. The lowest BCUT2D eigenvalue weighted by molar-refractivity contribution is -0.116. The highest BCUT2D eigenvalue weighted by Gasteiger charge is 2.19. The fourth-order valence-corrected chi connectivity index (χ4v) is 6.54. The summed E-state index contributed by atoms with van der Waals surface area (Å²) in [5.41, 5.74) is 7.23. The molecule has 0 unspecified atom stereocenters. The number of hydrogen-bond donors (Lipinski definition) is 1. The average molecular weight is 698 g/mol. The van der Waals surface area contributed by atoms with Crippen LogP contribution in [0.4, 0.5) is 5.82 Å². The van der Waals surface area contributed by atoms with Crippen LogP contribution < -0.4 is 14.8 Å². The van der Waals surface area contributed by atoms with Gasteiger partial charge in [-0.25, -0.2) is 4.68 Å². The summed E-state index contributed by atoms with van der Waals surface area (Å²) in [5.74, 6) is 2.07. The zero-order valence-corrected chi connectivity index (χ0v) is 31.0.